The molecule has 0 radical (unpaired) electrons. The molecule has 0 aromatic carbocycles. The second-order valence-corrected chi connectivity index (χ2v) is 3.99. The van der Waals surface area contributed by atoms with Crippen molar-refractivity contribution >= 4 is 5.82 Å². The topological polar surface area (TPSA) is 25.4 Å². The average molecular weight is 224 g/mol. The van der Waals surface area contributed by atoms with E-state index in [1.54, 1.807) is 6.07 Å². The fourth-order valence-electron chi connectivity index (χ4n) is 1.99. The van der Waals surface area contributed by atoms with Crippen molar-refractivity contribution in [3.8, 4) is 0 Å². The molecular formula is C12H17FN2O. The molecule has 0 amide bonds. The van der Waals surface area contributed by atoms with Gasteiger partial charge in [0, 0.05) is 19.7 Å². The number of hydrogen-bond donors (Lipinski definition) is 0. The monoisotopic (exact) mass is 224 g/mol. The zero-order valence-electron chi connectivity index (χ0n) is 9.53. The van der Waals surface area contributed by atoms with Crippen molar-refractivity contribution in [1.82, 2.24) is 4.98 Å². The Hall–Kier alpha value is -1.16. The Labute approximate surface area is 95.2 Å². The molecule has 0 aliphatic carbocycles. The predicted molar refractivity (Wildman–Crippen MR) is 61.1 cm³/mol. The van der Waals surface area contributed by atoms with E-state index in [2.05, 4.69) is 9.88 Å². The summed E-state index contributed by atoms with van der Waals surface area (Å²) in [6, 6.07) is 4.89. The number of ether oxygens (including phenoxy) is 1. The van der Waals surface area contributed by atoms with E-state index in [4.69, 9.17) is 4.74 Å². The number of aromatic nitrogens is 1. The Morgan fingerprint density at radius 1 is 1.56 bits per heavy atom. The van der Waals surface area contributed by atoms with E-state index >= 15 is 0 Å². The Bertz CT molecular complexity index is 340. The summed E-state index contributed by atoms with van der Waals surface area (Å²) in [6.45, 7) is 4.50. The van der Waals surface area contributed by atoms with Gasteiger partial charge < -0.3 is 9.64 Å². The van der Waals surface area contributed by atoms with E-state index in [1.165, 1.54) is 6.07 Å². The first kappa shape index (κ1) is 11.3. The van der Waals surface area contributed by atoms with Crippen molar-refractivity contribution in [1.29, 1.82) is 0 Å². The molecule has 1 aromatic rings. The van der Waals surface area contributed by atoms with Gasteiger partial charge in [0.25, 0.3) is 0 Å². The highest BCUT2D eigenvalue weighted by Gasteiger charge is 2.19. The third-order valence-electron chi connectivity index (χ3n) is 2.85. The molecule has 1 aromatic heterocycles. The van der Waals surface area contributed by atoms with E-state index in [0.29, 0.717) is 5.82 Å². The van der Waals surface area contributed by atoms with Gasteiger partial charge in [-0.2, -0.15) is 4.39 Å². The molecule has 0 bridgehead atoms. The van der Waals surface area contributed by atoms with Crippen molar-refractivity contribution in [2.45, 2.75) is 25.9 Å². The first-order valence-corrected chi connectivity index (χ1v) is 5.78. The minimum Gasteiger partial charge on any atom is -0.376 e. The zero-order chi connectivity index (χ0) is 11.4. The highest BCUT2D eigenvalue weighted by Crippen LogP contribution is 2.17. The van der Waals surface area contributed by atoms with Crippen LogP contribution in [-0.4, -0.2) is 30.8 Å². The van der Waals surface area contributed by atoms with Gasteiger partial charge in [-0.3, -0.25) is 0 Å². The molecule has 2 heterocycles. The van der Waals surface area contributed by atoms with Crippen LogP contribution in [-0.2, 0) is 4.74 Å². The summed E-state index contributed by atoms with van der Waals surface area (Å²) in [4.78, 5) is 5.94. The van der Waals surface area contributed by atoms with Crippen LogP contribution in [0.15, 0.2) is 18.2 Å². The van der Waals surface area contributed by atoms with Crippen LogP contribution in [0.3, 0.4) is 0 Å². The zero-order valence-corrected chi connectivity index (χ0v) is 9.53. The molecule has 4 heteroatoms. The second kappa shape index (κ2) is 5.25. The molecule has 1 aliphatic rings. The summed E-state index contributed by atoms with van der Waals surface area (Å²) in [6.07, 6.45) is 2.48. The number of pyridine rings is 1. The third kappa shape index (κ3) is 2.70. The molecule has 1 fully saturated rings. The molecule has 2 rings (SSSR count). The smallest absolute Gasteiger partial charge is 0.214 e. The average Bonchev–Trinajstić information content (AvgIpc) is 2.78. The number of hydrogen-bond acceptors (Lipinski definition) is 3. The van der Waals surface area contributed by atoms with Gasteiger partial charge >= 0.3 is 0 Å². The van der Waals surface area contributed by atoms with Crippen molar-refractivity contribution in [2.24, 2.45) is 0 Å². The van der Waals surface area contributed by atoms with Gasteiger partial charge in [0.2, 0.25) is 5.95 Å². The van der Waals surface area contributed by atoms with Crippen LogP contribution in [0.2, 0.25) is 0 Å². The lowest BCUT2D eigenvalue weighted by Gasteiger charge is -2.24. The van der Waals surface area contributed by atoms with Gasteiger partial charge in [-0.25, -0.2) is 4.98 Å². The normalized spacial score (nSPS) is 20.0. The van der Waals surface area contributed by atoms with E-state index in [9.17, 15) is 4.39 Å². The summed E-state index contributed by atoms with van der Waals surface area (Å²) < 4.78 is 18.6. The van der Waals surface area contributed by atoms with Crippen molar-refractivity contribution < 1.29 is 9.13 Å². The van der Waals surface area contributed by atoms with E-state index < -0.39 is 5.95 Å². The fraction of sp³-hybridized carbons (Fsp3) is 0.583. The number of anilines is 1. The number of halogens is 1. The summed E-state index contributed by atoms with van der Waals surface area (Å²) in [5.74, 6) is 0.265. The van der Waals surface area contributed by atoms with Gasteiger partial charge in [0.15, 0.2) is 0 Å². The van der Waals surface area contributed by atoms with Crippen LogP contribution in [0, 0.1) is 5.95 Å². The third-order valence-corrected chi connectivity index (χ3v) is 2.85. The lowest BCUT2D eigenvalue weighted by molar-refractivity contribution is 0.115. The first-order valence-electron chi connectivity index (χ1n) is 5.78. The Balaban J connectivity index is 2.03. The molecule has 3 nitrogen and oxygen atoms in total. The molecule has 88 valence electrons. The second-order valence-electron chi connectivity index (χ2n) is 3.99. The Morgan fingerprint density at radius 3 is 3.06 bits per heavy atom. The maximum Gasteiger partial charge on any atom is 0.214 e. The molecule has 1 unspecified atom stereocenters. The number of rotatable bonds is 4. The summed E-state index contributed by atoms with van der Waals surface area (Å²) in [5.41, 5.74) is 0. The summed E-state index contributed by atoms with van der Waals surface area (Å²) in [7, 11) is 0. The molecule has 1 saturated heterocycles. The van der Waals surface area contributed by atoms with E-state index in [1.807, 2.05) is 13.0 Å². The van der Waals surface area contributed by atoms with Crippen molar-refractivity contribution in [3.63, 3.8) is 0 Å². The number of likely N-dealkylation sites (N-methyl/N-ethyl adjacent to an activating group) is 1. The van der Waals surface area contributed by atoms with Gasteiger partial charge in [-0.05, 0) is 31.9 Å². The molecule has 16 heavy (non-hydrogen) atoms. The molecular weight excluding hydrogens is 207 g/mol. The molecule has 0 saturated carbocycles. The Kier molecular flexibility index (Phi) is 3.72. The largest absolute Gasteiger partial charge is 0.376 e. The quantitative estimate of drug-likeness (QED) is 0.733. The lowest BCUT2D eigenvalue weighted by atomic mass is 10.2. The van der Waals surface area contributed by atoms with Crippen LogP contribution in [0.25, 0.3) is 0 Å². The van der Waals surface area contributed by atoms with E-state index in [-0.39, 0.29) is 6.10 Å². The standard InChI is InChI=1S/C12H17FN2O/c1-2-15(9-10-5-4-8-16-10)12-7-3-6-11(13)14-12/h3,6-7,10H,2,4-5,8-9H2,1H3. The summed E-state index contributed by atoms with van der Waals surface area (Å²) in [5, 5.41) is 0. The maximum absolute atomic E-state index is 13.0. The fourth-order valence-corrected chi connectivity index (χ4v) is 1.99. The maximum atomic E-state index is 13.0. The van der Waals surface area contributed by atoms with Crippen LogP contribution in [0.5, 0.6) is 0 Å². The van der Waals surface area contributed by atoms with Gasteiger partial charge in [-0.15, -0.1) is 0 Å². The van der Waals surface area contributed by atoms with Gasteiger partial charge in [0.05, 0.1) is 6.10 Å². The van der Waals surface area contributed by atoms with Gasteiger partial charge in [0.1, 0.15) is 5.82 Å². The van der Waals surface area contributed by atoms with Crippen molar-refractivity contribution in [2.75, 3.05) is 24.6 Å². The number of nitrogens with zero attached hydrogens (tertiary/aromatic N) is 2. The molecule has 0 spiro atoms. The minimum atomic E-state index is -0.428. The molecule has 1 atom stereocenters. The van der Waals surface area contributed by atoms with Crippen LogP contribution >= 0.6 is 0 Å². The first-order chi connectivity index (χ1) is 7.79. The van der Waals surface area contributed by atoms with Crippen LogP contribution < -0.4 is 4.90 Å². The molecule has 0 N–H and O–H groups in total. The predicted octanol–water partition coefficient (Wildman–Crippen LogP) is 2.23. The highest BCUT2D eigenvalue weighted by molar-refractivity contribution is 5.37. The summed E-state index contributed by atoms with van der Waals surface area (Å²) >= 11 is 0. The lowest BCUT2D eigenvalue weighted by Crippen LogP contribution is -2.32. The highest BCUT2D eigenvalue weighted by atomic mass is 19.1. The SMILES string of the molecule is CCN(CC1CCCO1)c1cccc(F)n1. The van der Waals surface area contributed by atoms with Crippen LogP contribution in [0.4, 0.5) is 10.2 Å². The van der Waals surface area contributed by atoms with Crippen molar-refractivity contribution in [3.05, 3.63) is 24.1 Å². The Morgan fingerprint density at radius 2 is 2.44 bits per heavy atom. The minimum absolute atomic E-state index is 0.269. The molecule has 1 aliphatic heterocycles. The van der Waals surface area contributed by atoms with Gasteiger partial charge in [-0.1, -0.05) is 6.07 Å². The van der Waals surface area contributed by atoms with E-state index in [0.717, 1.165) is 32.5 Å². The van der Waals surface area contributed by atoms with Crippen LogP contribution in [0.1, 0.15) is 19.8 Å².